The first-order chi connectivity index (χ1) is 15.4. The molecule has 0 saturated carbocycles. The Labute approximate surface area is 192 Å². The number of thiophene rings is 1. The minimum absolute atomic E-state index is 0.115. The molecule has 0 aliphatic carbocycles. The van der Waals surface area contributed by atoms with E-state index in [1.807, 2.05) is 48.5 Å². The van der Waals surface area contributed by atoms with Crippen LogP contribution in [0.4, 0.5) is 0 Å². The summed E-state index contributed by atoms with van der Waals surface area (Å²) in [6.07, 6.45) is 0.572. The molecule has 32 heavy (non-hydrogen) atoms. The van der Waals surface area contributed by atoms with Gasteiger partial charge in [0.25, 0.3) is 10.0 Å². The molecular weight excluding hydrogens is 448 g/mol. The molecule has 0 aliphatic heterocycles. The minimum atomic E-state index is -3.78. The summed E-state index contributed by atoms with van der Waals surface area (Å²) in [5, 5.41) is 4.52. The highest BCUT2D eigenvalue weighted by molar-refractivity contribution is 7.91. The van der Waals surface area contributed by atoms with Crippen molar-refractivity contribution in [3.8, 4) is 11.5 Å². The summed E-state index contributed by atoms with van der Waals surface area (Å²) in [6, 6.07) is 18.0. The molecule has 1 aromatic heterocycles. The van der Waals surface area contributed by atoms with Crippen LogP contribution in [0.2, 0.25) is 0 Å². The molecule has 3 rings (SSSR count). The molecule has 0 spiro atoms. The lowest BCUT2D eigenvalue weighted by molar-refractivity contribution is -0.121. The predicted molar refractivity (Wildman–Crippen MR) is 125 cm³/mol. The van der Waals surface area contributed by atoms with Gasteiger partial charge in [0.1, 0.15) is 4.21 Å². The van der Waals surface area contributed by atoms with Gasteiger partial charge in [-0.1, -0.05) is 42.5 Å². The van der Waals surface area contributed by atoms with E-state index in [0.29, 0.717) is 24.5 Å². The maximum Gasteiger partial charge on any atom is 0.253 e. The molecule has 1 heterocycles. The summed E-state index contributed by atoms with van der Waals surface area (Å²) >= 11 is 1.13. The maximum atomic E-state index is 13.1. The number of ether oxygens (including phenoxy) is 2. The summed E-state index contributed by atoms with van der Waals surface area (Å²) < 4.78 is 38.1. The summed E-state index contributed by atoms with van der Waals surface area (Å²) in [4.78, 5) is 12.6. The molecule has 0 unspecified atom stereocenters. The number of methoxy groups -OCH3 is 2. The number of benzene rings is 2. The number of hydrogen-bond donors (Lipinski definition) is 1. The fourth-order valence-corrected chi connectivity index (χ4v) is 5.68. The Hall–Kier alpha value is -2.88. The molecular formula is C23H26N2O5S2. The minimum Gasteiger partial charge on any atom is -0.493 e. The van der Waals surface area contributed by atoms with Crippen LogP contribution in [0.3, 0.4) is 0 Å². The Kier molecular flexibility index (Phi) is 8.26. The monoisotopic (exact) mass is 474 g/mol. The molecule has 0 fully saturated rings. The first kappa shape index (κ1) is 23.8. The number of rotatable bonds is 11. The van der Waals surface area contributed by atoms with E-state index in [1.165, 1.54) is 4.31 Å². The van der Waals surface area contributed by atoms with Gasteiger partial charge in [0.05, 0.1) is 20.8 Å². The third kappa shape index (κ3) is 6.09. The molecule has 0 atom stereocenters. The zero-order chi connectivity index (χ0) is 23.0. The van der Waals surface area contributed by atoms with Gasteiger partial charge in [-0.15, -0.1) is 11.3 Å². The van der Waals surface area contributed by atoms with Gasteiger partial charge in [0.2, 0.25) is 5.91 Å². The van der Waals surface area contributed by atoms with Gasteiger partial charge in [0.15, 0.2) is 11.5 Å². The first-order valence-electron chi connectivity index (χ1n) is 9.99. The molecule has 0 aliphatic rings. The Morgan fingerprint density at radius 1 is 0.969 bits per heavy atom. The van der Waals surface area contributed by atoms with E-state index in [-0.39, 0.29) is 23.2 Å². The van der Waals surface area contributed by atoms with Crippen molar-refractivity contribution < 1.29 is 22.7 Å². The SMILES string of the molecule is COc1ccc(CCNC(=O)CN(Cc2ccccc2)S(=O)(=O)c2cccs2)cc1OC. The van der Waals surface area contributed by atoms with Gasteiger partial charge < -0.3 is 14.8 Å². The summed E-state index contributed by atoms with van der Waals surface area (Å²) in [6.45, 7) is 0.220. The van der Waals surface area contributed by atoms with Crippen molar-refractivity contribution in [2.45, 2.75) is 17.2 Å². The van der Waals surface area contributed by atoms with Crippen LogP contribution < -0.4 is 14.8 Å². The molecule has 1 N–H and O–H groups in total. The number of carbonyl (C=O) groups excluding carboxylic acids is 1. The number of nitrogens with zero attached hydrogens (tertiary/aromatic N) is 1. The average Bonchev–Trinajstić information content (AvgIpc) is 3.35. The number of amides is 1. The lowest BCUT2D eigenvalue weighted by Crippen LogP contribution is -2.40. The highest BCUT2D eigenvalue weighted by Gasteiger charge is 2.27. The van der Waals surface area contributed by atoms with Crippen LogP contribution in [0.25, 0.3) is 0 Å². The second-order valence-corrected chi connectivity index (χ2v) is 10.1. The van der Waals surface area contributed by atoms with Crippen molar-refractivity contribution >= 4 is 27.3 Å². The largest absolute Gasteiger partial charge is 0.493 e. The third-order valence-corrected chi connectivity index (χ3v) is 7.96. The zero-order valence-electron chi connectivity index (χ0n) is 18.0. The smallest absolute Gasteiger partial charge is 0.253 e. The molecule has 7 nitrogen and oxygen atoms in total. The number of hydrogen-bond acceptors (Lipinski definition) is 6. The molecule has 9 heteroatoms. The number of sulfonamides is 1. The molecule has 2 aromatic carbocycles. The predicted octanol–water partition coefficient (Wildman–Crippen LogP) is 3.32. The molecule has 3 aromatic rings. The van der Waals surface area contributed by atoms with E-state index in [1.54, 1.807) is 31.7 Å². The first-order valence-corrected chi connectivity index (χ1v) is 12.3. The summed E-state index contributed by atoms with van der Waals surface area (Å²) in [5.74, 6) is 0.893. The lowest BCUT2D eigenvalue weighted by Gasteiger charge is -2.21. The second-order valence-electron chi connectivity index (χ2n) is 6.98. The van der Waals surface area contributed by atoms with Crippen LogP contribution in [0.5, 0.6) is 11.5 Å². The normalized spacial score (nSPS) is 11.3. The molecule has 0 bridgehead atoms. The molecule has 0 saturated heterocycles. The van der Waals surface area contributed by atoms with Crippen molar-refractivity contribution in [2.75, 3.05) is 27.3 Å². The van der Waals surface area contributed by atoms with E-state index >= 15 is 0 Å². The van der Waals surface area contributed by atoms with Gasteiger partial charge >= 0.3 is 0 Å². The number of carbonyl (C=O) groups is 1. The quantitative estimate of drug-likeness (QED) is 0.461. The van der Waals surface area contributed by atoms with E-state index in [0.717, 1.165) is 22.5 Å². The van der Waals surface area contributed by atoms with Gasteiger partial charge in [-0.3, -0.25) is 4.79 Å². The van der Waals surface area contributed by atoms with Crippen molar-refractivity contribution in [1.29, 1.82) is 0 Å². The molecule has 0 radical (unpaired) electrons. The van der Waals surface area contributed by atoms with Gasteiger partial charge in [0, 0.05) is 13.1 Å². The fourth-order valence-electron chi connectivity index (χ4n) is 3.15. The topological polar surface area (TPSA) is 84.9 Å². The van der Waals surface area contributed by atoms with E-state index in [9.17, 15) is 13.2 Å². The van der Waals surface area contributed by atoms with Crippen molar-refractivity contribution in [1.82, 2.24) is 9.62 Å². The van der Waals surface area contributed by atoms with Crippen LogP contribution in [0.15, 0.2) is 70.3 Å². The van der Waals surface area contributed by atoms with Crippen LogP contribution in [0.1, 0.15) is 11.1 Å². The van der Waals surface area contributed by atoms with Gasteiger partial charge in [-0.05, 0) is 41.1 Å². The van der Waals surface area contributed by atoms with Crippen molar-refractivity contribution in [3.63, 3.8) is 0 Å². The Morgan fingerprint density at radius 2 is 1.72 bits per heavy atom. The highest BCUT2D eigenvalue weighted by Crippen LogP contribution is 2.27. The average molecular weight is 475 g/mol. The maximum absolute atomic E-state index is 13.1. The molecule has 1 amide bonds. The Balaban J connectivity index is 1.65. The van der Waals surface area contributed by atoms with Crippen molar-refractivity contribution in [2.24, 2.45) is 0 Å². The molecule has 170 valence electrons. The van der Waals surface area contributed by atoms with E-state index < -0.39 is 10.0 Å². The van der Waals surface area contributed by atoms with E-state index in [2.05, 4.69) is 5.32 Å². The summed E-state index contributed by atoms with van der Waals surface area (Å²) in [5.41, 5.74) is 1.78. The van der Waals surface area contributed by atoms with Crippen LogP contribution in [-0.4, -0.2) is 45.9 Å². The standard InChI is InChI=1S/C23H26N2O5S2/c1-29-20-11-10-18(15-21(20)30-2)12-13-24-22(26)17-25(16-19-7-4-3-5-8-19)32(27,28)23-9-6-14-31-23/h3-11,14-15H,12-13,16-17H2,1-2H3,(H,24,26). The zero-order valence-corrected chi connectivity index (χ0v) is 19.6. The van der Waals surface area contributed by atoms with Gasteiger partial charge in [-0.25, -0.2) is 8.42 Å². The Bertz CT molecular complexity index is 1120. The van der Waals surface area contributed by atoms with Crippen LogP contribution >= 0.6 is 11.3 Å². The summed E-state index contributed by atoms with van der Waals surface area (Å²) in [7, 11) is -0.643. The van der Waals surface area contributed by atoms with Crippen LogP contribution in [0, 0.1) is 0 Å². The fraction of sp³-hybridized carbons (Fsp3) is 0.261. The number of nitrogens with one attached hydrogen (secondary N) is 1. The van der Waals surface area contributed by atoms with Crippen molar-refractivity contribution in [3.05, 3.63) is 77.2 Å². The third-order valence-electron chi connectivity index (χ3n) is 4.79. The highest BCUT2D eigenvalue weighted by atomic mass is 32.2. The lowest BCUT2D eigenvalue weighted by atomic mass is 10.1. The van der Waals surface area contributed by atoms with Gasteiger partial charge in [-0.2, -0.15) is 4.31 Å². The van der Waals surface area contributed by atoms with Crippen LogP contribution in [-0.2, 0) is 27.8 Å². The second kappa shape index (κ2) is 11.1. The Morgan fingerprint density at radius 3 is 2.38 bits per heavy atom. The van der Waals surface area contributed by atoms with E-state index in [4.69, 9.17) is 9.47 Å².